The van der Waals surface area contributed by atoms with Gasteiger partial charge in [0.05, 0.1) is 19.9 Å². The second-order valence-corrected chi connectivity index (χ2v) is 7.29. The summed E-state index contributed by atoms with van der Waals surface area (Å²) in [5, 5.41) is 8.12. The molecule has 2 aromatic carbocycles. The molecule has 1 N–H and O–H groups in total. The summed E-state index contributed by atoms with van der Waals surface area (Å²) in [6.45, 7) is 2.40. The summed E-state index contributed by atoms with van der Waals surface area (Å²) in [6, 6.07) is 15.2. The molecule has 1 amide bonds. The van der Waals surface area contributed by atoms with E-state index in [1.165, 1.54) is 0 Å². The van der Waals surface area contributed by atoms with Gasteiger partial charge in [-0.05, 0) is 42.8 Å². The lowest BCUT2D eigenvalue weighted by Crippen LogP contribution is -2.16. The van der Waals surface area contributed by atoms with Crippen LogP contribution in [0.2, 0.25) is 0 Å². The Kier molecular flexibility index (Phi) is 4.92. The van der Waals surface area contributed by atoms with Crippen molar-refractivity contribution in [1.82, 2.24) is 9.78 Å². The van der Waals surface area contributed by atoms with Gasteiger partial charge in [-0.2, -0.15) is 5.10 Å². The van der Waals surface area contributed by atoms with Crippen molar-refractivity contribution in [2.75, 3.05) is 12.4 Å². The number of hydrogen-bond donors (Lipinski definition) is 1. The number of ether oxygens (including phenoxy) is 1. The van der Waals surface area contributed by atoms with Crippen molar-refractivity contribution in [2.24, 2.45) is 0 Å². The number of hydrogen-bond acceptors (Lipinski definition) is 4. The molecule has 28 heavy (non-hydrogen) atoms. The number of halogens is 1. The number of nitrogens with zero attached hydrogens (tertiary/aromatic N) is 2. The Morgan fingerprint density at radius 1 is 1.21 bits per heavy atom. The van der Waals surface area contributed by atoms with Crippen LogP contribution in [0.1, 0.15) is 21.7 Å². The number of furan rings is 1. The average Bonchev–Trinajstić information content (AvgIpc) is 3.26. The number of aromatic nitrogens is 2. The van der Waals surface area contributed by atoms with Crippen molar-refractivity contribution in [3.63, 3.8) is 0 Å². The summed E-state index contributed by atoms with van der Waals surface area (Å²) in [5.41, 5.74) is 2.53. The van der Waals surface area contributed by atoms with E-state index in [2.05, 4.69) is 26.3 Å². The summed E-state index contributed by atoms with van der Waals surface area (Å²) in [5.74, 6) is 1.39. The van der Waals surface area contributed by atoms with Gasteiger partial charge in [-0.15, -0.1) is 0 Å². The molecule has 0 saturated carbocycles. The minimum absolute atomic E-state index is 0.297. The zero-order valence-corrected chi connectivity index (χ0v) is 17.0. The first-order chi connectivity index (χ1) is 13.5. The van der Waals surface area contributed by atoms with E-state index in [1.54, 1.807) is 24.1 Å². The molecule has 2 aromatic heterocycles. The van der Waals surface area contributed by atoms with Crippen LogP contribution in [-0.4, -0.2) is 22.8 Å². The highest BCUT2D eigenvalue weighted by molar-refractivity contribution is 9.10. The summed E-state index contributed by atoms with van der Waals surface area (Å²) in [4.78, 5) is 12.8. The number of carbonyl (C=O) groups excluding carboxylic acids is 1. The fourth-order valence-corrected chi connectivity index (χ4v) is 3.41. The second-order valence-electron chi connectivity index (χ2n) is 6.37. The molecule has 7 heteroatoms. The molecular formula is C21H18BrN3O3. The molecule has 0 unspecified atom stereocenters. The maximum absolute atomic E-state index is 12.8. The van der Waals surface area contributed by atoms with Crippen LogP contribution < -0.4 is 10.1 Å². The Morgan fingerprint density at radius 2 is 2.00 bits per heavy atom. The molecule has 2 heterocycles. The maximum Gasteiger partial charge on any atom is 0.292 e. The van der Waals surface area contributed by atoms with E-state index in [-0.39, 0.29) is 5.91 Å². The van der Waals surface area contributed by atoms with Crippen LogP contribution in [0.3, 0.4) is 0 Å². The fraction of sp³-hybridized carbons (Fsp3) is 0.143. The summed E-state index contributed by atoms with van der Waals surface area (Å²) in [6.07, 6.45) is 1.65. The summed E-state index contributed by atoms with van der Waals surface area (Å²) in [7, 11) is 1.63. The largest absolute Gasteiger partial charge is 0.497 e. The van der Waals surface area contributed by atoms with Crippen molar-refractivity contribution < 1.29 is 13.9 Å². The zero-order valence-electron chi connectivity index (χ0n) is 15.4. The smallest absolute Gasteiger partial charge is 0.292 e. The van der Waals surface area contributed by atoms with Crippen LogP contribution in [-0.2, 0) is 6.54 Å². The van der Waals surface area contributed by atoms with Gasteiger partial charge in [-0.25, -0.2) is 4.68 Å². The van der Waals surface area contributed by atoms with Crippen molar-refractivity contribution in [3.05, 3.63) is 76.1 Å². The Balaban J connectivity index is 1.56. The van der Waals surface area contributed by atoms with Gasteiger partial charge in [0, 0.05) is 21.5 Å². The molecule has 0 radical (unpaired) electrons. The van der Waals surface area contributed by atoms with Crippen LogP contribution in [0.5, 0.6) is 5.75 Å². The minimum atomic E-state index is -0.304. The Morgan fingerprint density at radius 3 is 2.75 bits per heavy atom. The molecule has 0 aliphatic rings. The molecule has 0 aliphatic carbocycles. The lowest BCUT2D eigenvalue weighted by atomic mass is 10.1. The SMILES string of the molecule is COc1ccc(Cn2nccc2NC(=O)c2oc3ccc(Br)cc3c2C)cc1. The number of aryl methyl sites for hydroxylation is 1. The standard InChI is InChI=1S/C21H18BrN3O3/c1-13-17-11-15(22)5-8-18(17)28-20(13)21(26)24-19-9-10-23-25(19)12-14-3-6-16(27-2)7-4-14/h3-11H,12H2,1-2H3,(H,24,26). The van der Waals surface area contributed by atoms with Gasteiger partial charge in [-0.1, -0.05) is 28.1 Å². The maximum atomic E-state index is 12.8. The van der Waals surface area contributed by atoms with E-state index in [9.17, 15) is 4.79 Å². The van der Waals surface area contributed by atoms with Crippen LogP contribution in [0, 0.1) is 6.92 Å². The first-order valence-corrected chi connectivity index (χ1v) is 9.49. The van der Waals surface area contributed by atoms with Gasteiger partial charge in [0.2, 0.25) is 0 Å². The quantitative estimate of drug-likeness (QED) is 0.474. The van der Waals surface area contributed by atoms with E-state index < -0.39 is 0 Å². The van der Waals surface area contributed by atoms with E-state index >= 15 is 0 Å². The predicted octanol–water partition coefficient (Wildman–Crippen LogP) is 5.01. The summed E-state index contributed by atoms with van der Waals surface area (Å²) < 4.78 is 13.6. The molecule has 0 aliphatic heterocycles. The van der Waals surface area contributed by atoms with Crippen LogP contribution in [0.25, 0.3) is 11.0 Å². The third-order valence-electron chi connectivity index (χ3n) is 4.55. The van der Waals surface area contributed by atoms with Crippen molar-refractivity contribution in [3.8, 4) is 5.75 Å². The van der Waals surface area contributed by atoms with Crippen molar-refractivity contribution in [1.29, 1.82) is 0 Å². The van der Waals surface area contributed by atoms with Crippen molar-refractivity contribution >= 4 is 38.6 Å². The van der Waals surface area contributed by atoms with Gasteiger partial charge in [0.1, 0.15) is 17.2 Å². The highest BCUT2D eigenvalue weighted by Crippen LogP contribution is 2.28. The Hall–Kier alpha value is -3.06. The zero-order chi connectivity index (χ0) is 19.7. The molecule has 4 aromatic rings. The highest BCUT2D eigenvalue weighted by atomic mass is 79.9. The molecule has 0 atom stereocenters. The number of rotatable bonds is 5. The summed E-state index contributed by atoms with van der Waals surface area (Å²) >= 11 is 3.45. The average molecular weight is 440 g/mol. The van der Waals surface area contributed by atoms with Gasteiger partial charge < -0.3 is 14.5 Å². The topological polar surface area (TPSA) is 69.3 Å². The lowest BCUT2D eigenvalue weighted by molar-refractivity contribution is 0.0997. The Bertz CT molecular complexity index is 1150. The monoisotopic (exact) mass is 439 g/mol. The van der Waals surface area contributed by atoms with Gasteiger partial charge in [0.25, 0.3) is 5.91 Å². The van der Waals surface area contributed by atoms with E-state index in [0.717, 1.165) is 26.7 Å². The normalized spacial score (nSPS) is 11.0. The number of anilines is 1. The number of benzene rings is 2. The third-order valence-corrected chi connectivity index (χ3v) is 5.05. The molecule has 0 saturated heterocycles. The molecule has 142 valence electrons. The van der Waals surface area contributed by atoms with Crippen LogP contribution >= 0.6 is 15.9 Å². The predicted molar refractivity (Wildman–Crippen MR) is 111 cm³/mol. The van der Waals surface area contributed by atoms with Crippen LogP contribution in [0.4, 0.5) is 5.82 Å². The van der Waals surface area contributed by atoms with Gasteiger partial charge in [0.15, 0.2) is 5.76 Å². The molecule has 0 fully saturated rings. The van der Waals surface area contributed by atoms with Gasteiger partial charge in [-0.3, -0.25) is 4.79 Å². The lowest BCUT2D eigenvalue weighted by Gasteiger charge is -2.09. The number of carbonyl (C=O) groups is 1. The molecule has 0 spiro atoms. The second kappa shape index (κ2) is 7.52. The first kappa shape index (κ1) is 18.3. The molecule has 4 rings (SSSR count). The third kappa shape index (κ3) is 3.53. The Labute approximate surface area is 170 Å². The van der Waals surface area contributed by atoms with Crippen LogP contribution in [0.15, 0.2) is 63.6 Å². The first-order valence-electron chi connectivity index (χ1n) is 8.70. The van der Waals surface area contributed by atoms with E-state index in [0.29, 0.717) is 23.7 Å². The van der Waals surface area contributed by atoms with Crippen molar-refractivity contribution in [2.45, 2.75) is 13.5 Å². The highest BCUT2D eigenvalue weighted by Gasteiger charge is 2.19. The molecule has 0 bridgehead atoms. The van der Waals surface area contributed by atoms with E-state index in [4.69, 9.17) is 9.15 Å². The number of amides is 1. The fourth-order valence-electron chi connectivity index (χ4n) is 3.05. The minimum Gasteiger partial charge on any atom is -0.497 e. The molecule has 6 nitrogen and oxygen atoms in total. The van der Waals surface area contributed by atoms with Gasteiger partial charge >= 0.3 is 0 Å². The number of methoxy groups -OCH3 is 1. The molecular weight excluding hydrogens is 422 g/mol. The number of fused-ring (bicyclic) bond motifs is 1. The number of nitrogens with one attached hydrogen (secondary N) is 1. The van der Waals surface area contributed by atoms with E-state index in [1.807, 2.05) is 49.4 Å².